The Hall–Kier alpha value is -3.78. The van der Waals surface area contributed by atoms with Crippen molar-refractivity contribution in [2.75, 3.05) is 5.32 Å². The van der Waals surface area contributed by atoms with E-state index in [2.05, 4.69) is 43.6 Å². The van der Waals surface area contributed by atoms with Crippen molar-refractivity contribution in [3.8, 4) is 0 Å². The number of benzene rings is 2. The monoisotopic (exact) mass is 408 g/mol. The van der Waals surface area contributed by atoms with Gasteiger partial charge in [-0.2, -0.15) is 0 Å². The summed E-state index contributed by atoms with van der Waals surface area (Å²) in [5.74, 6) is 0. The predicted molar refractivity (Wildman–Crippen MR) is 138 cm³/mol. The van der Waals surface area contributed by atoms with Crippen LogP contribution in [0.4, 0.5) is 5.69 Å². The van der Waals surface area contributed by atoms with Crippen molar-refractivity contribution < 1.29 is 0 Å². The fourth-order valence-corrected chi connectivity index (χ4v) is 3.13. The number of allylic oxidation sites excluding steroid dienone is 11. The van der Waals surface area contributed by atoms with Crippen LogP contribution in [0.1, 0.15) is 31.9 Å². The number of rotatable bonds is 9. The van der Waals surface area contributed by atoms with Crippen LogP contribution in [0, 0.1) is 0 Å². The van der Waals surface area contributed by atoms with Gasteiger partial charge >= 0.3 is 0 Å². The molecule has 158 valence electrons. The van der Waals surface area contributed by atoms with Gasteiger partial charge in [-0.3, -0.25) is 0 Å². The molecule has 2 aromatic rings. The summed E-state index contributed by atoms with van der Waals surface area (Å²) in [6.45, 7) is 14.6. The number of hydrogen-bond acceptors (Lipinski definition) is 2. The lowest BCUT2D eigenvalue weighted by Crippen LogP contribution is -2.00. The Kier molecular flexibility index (Phi) is 9.13. The zero-order chi connectivity index (χ0) is 22.6. The Morgan fingerprint density at radius 2 is 1.61 bits per heavy atom. The molecule has 0 spiro atoms. The SMILES string of the molecule is C=C(/C=C(\C)Nc1ccccc1/C(C)=C/C=C\C)C(/C=C\N)=C/C(=C)c1ccccc1. The largest absolute Gasteiger partial charge is 0.405 e. The van der Waals surface area contributed by atoms with Gasteiger partial charge in [0.1, 0.15) is 0 Å². The first kappa shape index (κ1) is 23.5. The van der Waals surface area contributed by atoms with E-state index in [1.165, 1.54) is 11.8 Å². The van der Waals surface area contributed by atoms with E-state index in [0.29, 0.717) is 0 Å². The highest BCUT2D eigenvalue weighted by Crippen LogP contribution is 2.26. The molecular weight excluding hydrogens is 376 g/mol. The van der Waals surface area contributed by atoms with Crippen LogP contribution in [-0.2, 0) is 0 Å². The lowest BCUT2D eigenvalue weighted by Gasteiger charge is -2.14. The Labute approximate surface area is 187 Å². The molecule has 0 saturated heterocycles. The van der Waals surface area contributed by atoms with Crippen LogP contribution in [0.3, 0.4) is 0 Å². The molecule has 0 aliphatic carbocycles. The van der Waals surface area contributed by atoms with Crippen LogP contribution in [0.5, 0.6) is 0 Å². The zero-order valence-corrected chi connectivity index (χ0v) is 18.7. The highest BCUT2D eigenvalue weighted by molar-refractivity contribution is 5.77. The maximum atomic E-state index is 5.69. The van der Waals surface area contributed by atoms with Gasteiger partial charge in [0, 0.05) is 16.9 Å². The van der Waals surface area contributed by atoms with Crippen molar-refractivity contribution in [1.82, 2.24) is 0 Å². The second kappa shape index (κ2) is 12.0. The third-order valence-electron chi connectivity index (χ3n) is 4.73. The molecule has 3 N–H and O–H groups in total. The Balaban J connectivity index is 2.27. The summed E-state index contributed by atoms with van der Waals surface area (Å²) in [6.07, 6.45) is 13.6. The molecule has 0 aliphatic rings. The average Bonchev–Trinajstić information content (AvgIpc) is 2.77. The van der Waals surface area contributed by atoms with Crippen molar-refractivity contribution >= 4 is 16.8 Å². The summed E-state index contributed by atoms with van der Waals surface area (Å²) in [5.41, 5.74) is 13.8. The zero-order valence-electron chi connectivity index (χ0n) is 18.7. The summed E-state index contributed by atoms with van der Waals surface area (Å²) in [5, 5.41) is 3.51. The molecule has 0 aliphatic heterocycles. The van der Waals surface area contributed by atoms with E-state index in [4.69, 9.17) is 5.73 Å². The fraction of sp³-hybridized carbons (Fsp3) is 0.103. The van der Waals surface area contributed by atoms with Crippen molar-refractivity contribution in [2.45, 2.75) is 20.8 Å². The Bertz CT molecular complexity index is 1060. The fourth-order valence-electron chi connectivity index (χ4n) is 3.13. The second-order valence-corrected chi connectivity index (χ2v) is 7.25. The van der Waals surface area contributed by atoms with Crippen LogP contribution in [0.25, 0.3) is 11.1 Å². The minimum Gasteiger partial charge on any atom is -0.405 e. The predicted octanol–water partition coefficient (Wildman–Crippen LogP) is 7.65. The first-order chi connectivity index (χ1) is 15.0. The molecule has 2 rings (SSSR count). The highest BCUT2D eigenvalue weighted by Gasteiger charge is 2.05. The molecule has 2 aromatic carbocycles. The number of nitrogens with two attached hydrogens (primary N) is 1. The summed E-state index contributed by atoms with van der Waals surface area (Å²) >= 11 is 0. The molecule has 0 radical (unpaired) electrons. The maximum Gasteiger partial charge on any atom is 0.0458 e. The molecule has 0 bridgehead atoms. The number of nitrogens with one attached hydrogen (secondary N) is 1. The number of anilines is 1. The van der Waals surface area contributed by atoms with Gasteiger partial charge in [-0.1, -0.05) is 79.9 Å². The normalized spacial score (nSPS) is 13.1. The van der Waals surface area contributed by atoms with E-state index in [1.807, 2.05) is 86.7 Å². The van der Waals surface area contributed by atoms with Gasteiger partial charge in [-0.15, -0.1) is 0 Å². The lowest BCUT2D eigenvalue weighted by atomic mass is 10.00. The number of para-hydroxylation sites is 1. The molecule has 0 atom stereocenters. The first-order valence-electron chi connectivity index (χ1n) is 10.3. The van der Waals surface area contributed by atoms with Crippen molar-refractivity contribution in [2.24, 2.45) is 5.73 Å². The van der Waals surface area contributed by atoms with E-state index in [-0.39, 0.29) is 0 Å². The summed E-state index contributed by atoms with van der Waals surface area (Å²) < 4.78 is 0. The summed E-state index contributed by atoms with van der Waals surface area (Å²) in [4.78, 5) is 0. The third-order valence-corrected chi connectivity index (χ3v) is 4.73. The lowest BCUT2D eigenvalue weighted by molar-refractivity contribution is 1.34. The van der Waals surface area contributed by atoms with Crippen molar-refractivity contribution in [3.05, 3.63) is 138 Å². The van der Waals surface area contributed by atoms with Crippen molar-refractivity contribution in [1.29, 1.82) is 0 Å². The van der Waals surface area contributed by atoms with Gasteiger partial charge in [0.15, 0.2) is 0 Å². The molecular formula is C29H32N2. The Morgan fingerprint density at radius 3 is 2.29 bits per heavy atom. The maximum absolute atomic E-state index is 5.69. The minimum absolute atomic E-state index is 0.849. The molecule has 2 nitrogen and oxygen atoms in total. The van der Waals surface area contributed by atoms with E-state index in [9.17, 15) is 0 Å². The van der Waals surface area contributed by atoms with Crippen molar-refractivity contribution in [3.63, 3.8) is 0 Å². The van der Waals surface area contributed by atoms with Crippen LogP contribution in [0.2, 0.25) is 0 Å². The van der Waals surface area contributed by atoms with Gasteiger partial charge in [0.25, 0.3) is 0 Å². The topological polar surface area (TPSA) is 38.0 Å². The second-order valence-electron chi connectivity index (χ2n) is 7.25. The molecule has 0 saturated carbocycles. The smallest absolute Gasteiger partial charge is 0.0458 e. The first-order valence-corrected chi connectivity index (χ1v) is 10.3. The molecule has 0 heterocycles. The van der Waals surface area contributed by atoms with Gasteiger partial charge in [0.05, 0.1) is 0 Å². The van der Waals surface area contributed by atoms with Crippen LogP contribution < -0.4 is 11.1 Å². The van der Waals surface area contributed by atoms with Gasteiger partial charge in [-0.05, 0) is 79.1 Å². The van der Waals surface area contributed by atoms with E-state index >= 15 is 0 Å². The van der Waals surface area contributed by atoms with E-state index in [0.717, 1.165) is 39.2 Å². The van der Waals surface area contributed by atoms with Gasteiger partial charge < -0.3 is 11.1 Å². The van der Waals surface area contributed by atoms with E-state index < -0.39 is 0 Å². The van der Waals surface area contributed by atoms with Gasteiger partial charge in [-0.25, -0.2) is 0 Å². The minimum atomic E-state index is 0.849. The third kappa shape index (κ3) is 7.20. The number of hydrogen-bond donors (Lipinski definition) is 2. The van der Waals surface area contributed by atoms with Gasteiger partial charge in [0.2, 0.25) is 0 Å². The quantitative estimate of drug-likeness (QED) is 0.418. The molecule has 0 unspecified atom stereocenters. The summed E-state index contributed by atoms with van der Waals surface area (Å²) in [6, 6.07) is 18.3. The summed E-state index contributed by atoms with van der Waals surface area (Å²) in [7, 11) is 0. The standard InChI is InChI=1S/C29H32N2/c1-6-7-13-22(2)28-16-11-12-17-29(28)31-25(5)20-23(3)27(18-19-30)21-24(4)26-14-9-8-10-15-26/h6-21,31H,3-4,30H2,1-2,5H3/b7-6-,19-18-,22-13+,25-20+,27-21+. The average molecular weight is 409 g/mol. The molecule has 31 heavy (non-hydrogen) atoms. The molecule has 0 aromatic heterocycles. The molecule has 0 fully saturated rings. The van der Waals surface area contributed by atoms with Crippen LogP contribution in [0.15, 0.2) is 127 Å². The van der Waals surface area contributed by atoms with E-state index in [1.54, 1.807) is 0 Å². The van der Waals surface area contributed by atoms with Crippen LogP contribution in [-0.4, -0.2) is 0 Å². The Morgan fingerprint density at radius 1 is 0.935 bits per heavy atom. The molecule has 0 amide bonds. The molecule has 2 heteroatoms. The van der Waals surface area contributed by atoms with Crippen LogP contribution >= 0.6 is 0 Å². The highest BCUT2D eigenvalue weighted by atomic mass is 14.9.